The molecule has 0 bridgehead atoms. The Morgan fingerprint density at radius 3 is 2.48 bits per heavy atom. The molecule has 1 amide bonds. The molecule has 0 atom stereocenters. The second-order valence-electron chi connectivity index (χ2n) is 4.92. The smallest absolute Gasteiger partial charge is 0.254 e. The van der Waals surface area contributed by atoms with Gasteiger partial charge in [-0.05, 0) is 43.7 Å². The average molecular weight is 347 g/mol. The van der Waals surface area contributed by atoms with E-state index in [9.17, 15) is 4.79 Å². The van der Waals surface area contributed by atoms with Gasteiger partial charge in [-0.3, -0.25) is 9.78 Å². The molecule has 2 aromatic rings. The largest absolute Gasteiger partial charge is 0.333 e. The molecule has 2 rings (SSSR count). The van der Waals surface area contributed by atoms with E-state index in [0.29, 0.717) is 18.7 Å². The maximum Gasteiger partial charge on any atom is 0.254 e. The number of hydrogen-bond acceptors (Lipinski definition) is 2. The molecule has 1 aromatic heterocycles. The molecule has 4 heteroatoms. The quantitative estimate of drug-likeness (QED) is 0.768. The van der Waals surface area contributed by atoms with E-state index in [2.05, 4.69) is 20.9 Å². The molecule has 0 aliphatic carbocycles. The Labute approximate surface area is 134 Å². The zero-order chi connectivity index (χ0) is 15.2. The summed E-state index contributed by atoms with van der Waals surface area (Å²) in [5.74, 6) is 0.0435. The minimum Gasteiger partial charge on any atom is -0.333 e. The number of halogens is 1. The number of pyridine rings is 1. The van der Waals surface area contributed by atoms with Crippen LogP contribution in [0.5, 0.6) is 0 Å². The molecule has 0 radical (unpaired) electrons. The molecular formula is C17H19BrN2O. The summed E-state index contributed by atoms with van der Waals surface area (Å²) >= 11 is 3.41. The van der Waals surface area contributed by atoms with Gasteiger partial charge in [0.2, 0.25) is 0 Å². The molecule has 0 fully saturated rings. The van der Waals surface area contributed by atoms with E-state index >= 15 is 0 Å². The monoisotopic (exact) mass is 346 g/mol. The van der Waals surface area contributed by atoms with Gasteiger partial charge in [0.15, 0.2) is 0 Å². The molecule has 1 aromatic carbocycles. The Hall–Kier alpha value is -1.68. The fourth-order valence-electron chi connectivity index (χ4n) is 2.13. The van der Waals surface area contributed by atoms with Crippen LogP contribution in [0.1, 0.15) is 34.2 Å². The van der Waals surface area contributed by atoms with Crippen LogP contribution in [-0.2, 0) is 11.9 Å². The fourth-order valence-corrected chi connectivity index (χ4v) is 2.50. The van der Waals surface area contributed by atoms with Gasteiger partial charge in [0.05, 0.1) is 12.2 Å². The summed E-state index contributed by atoms with van der Waals surface area (Å²) in [4.78, 5) is 18.8. The Kier molecular flexibility index (Phi) is 5.51. The Morgan fingerprint density at radius 2 is 1.90 bits per heavy atom. The van der Waals surface area contributed by atoms with Crippen LogP contribution in [0, 0.1) is 6.92 Å². The van der Waals surface area contributed by atoms with Gasteiger partial charge in [-0.25, -0.2) is 0 Å². The summed E-state index contributed by atoms with van der Waals surface area (Å²) in [7, 11) is 0. The minimum absolute atomic E-state index is 0.0435. The molecular weight excluding hydrogens is 328 g/mol. The van der Waals surface area contributed by atoms with Crippen molar-refractivity contribution in [2.75, 3.05) is 6.54 Å². The predicted octanol–water partition coefficient (Wildman–Crippen LogP) is 3.95. The lowest BCUT2D eigenvalue weighted by molar-refractivity contribution is 0.0750. The summed E-state index contributed by atoms with van der Waals surface area (Å²) < 4.78 is 0. The lowest BCUT2D eigenvalue weighted by Gasteiger charge is -2.21. The highest BCUT2D eigenvalue weighted by molar-refractivity contribution is 9.08. The van der Waals surface area contributed by atoms with Crippen LogP contribution >= 0.6 is 15.9 Å². The van der Waals surface area contributed by atoms with Crippen molar-refractivity contribution in [2.24, 2.45) is 0 Å². The maximum atomic E-state index is 12.6. The van der Waals surface area contributed by atoms with E-state index in [1.165, 1.54) is 0 Å². The Morgan fingerprint density at radius 1 is 1.19 bits per heavy atom. The number of alkyl halides is 1. The van der Waals surface area contributed by atoms with E-state index < -0.39 is 0 Å². The third-order valence-electron chi connectivity index (χ3n) is 3.32. The van der Waals surface area contributed by atoms with Crippen LogP contribution in [0.2, 0.25) is 0 Å². The van der Waals surface area contributed by atoms with Crippen LogP contribution < -0.4 is 0 Å². The van der Waals surface area contributed by atoms with E-state index in [-0.39, 0.29) is 5.91 Å². The summed E-state index contributed by atoms with van der Waals surface area (Å²) in [6.07, 6.45) is 0. The van der Waals surface area contributed by atoms with E-state index in [1.54, 1.807) is 0 Å². The van der Waals surface area contributed by atoms with Gasteiger partial charge >= 0.3 is 0 Å². The number of carbonyl (C=O) groups excluding carboxylic acids is 1. The molecule has 0 spiro atoms. The first-order valence-electron chi connectivity index (χ1n) is 7.00. The number of carbonyl (C=O) groups is 1. The number of benzene rings is 1. The summed E-state index contributed by atoms with van der Waals surface area (Å²) in [5, 5.41) is 0.798. The van der Waals surface area contributed by atoms with Crippen molar-refractivity contribution in [3.05, 3.63) is 65.0 Å². The van der Waals surface area contributed by atoms with Crippen molar-refractivity contribution >= 4 is 21.8 Å². The first kappa shape index (κ1) is 15.7. The molecule has 110 valence electrons. The second kappa shape index (κ2) is 7.36. The summed E-state index contributed by atoms with van der Waals surface area (Å²) in [6.45, 7) is 5.15. The topological polar surface area (TPSA) is 33.2 Å². The Bertz CT molecular complexity index is 610. The number of amides is 1. The van der Waals surface area contributed by atoms with Gasteiger partial charge in [0, 0.05) is 23.1 Å². The van der Waals surface area contributed by atoms with Crippen LogP contribution in [0.3, 0.4) is 0 Å². The number of aryl methyl sites for hydroxylation is 1. The predicted molar refractivity (Wildman–Crippen MR) is 88.5 cm³/mol. The van der Waals surface area contributed by atoms with Crippen molar-refractivity contribution < 1.29 is 4.79 Å². The molecule has 0 N–H and O–H groups in total. The number of rotatable bonds is 5. The van der Waals surface area contributed by atoms with Crippen molar-refractivity contribution in [1.29, 1.82) is 0 Å². The standard InChI is InChI=1S/C17H19BrN2O/c1-3-20(12-16-6-4-5-13(2)19-16)17(21)15-9-7-14(11-18)8-10-15/h4-10H,3,11-12H2,1-2H3. The van der Waals surface area contributed by atoms with E-state index in [1.807, 2.05) is 61.2 Å². The Balaban J connectivity index is 2.14. The zero-order valence-electron chi connectivity index (χ0n) is 12.3. The molecule has 0 saturated carbocycles. The van der Waals surface area contributed by atoms with Gasteiger partial charge in [0.1, 0.15) is 0 Å². The first-order chi connectivity index (χ1) is 10.1. The maximum absolute atomic E-state index is 12.6. The van der Waals surface area contributed by atoms with Crippen molar-refractivity contribution in [2.45, 2.75) is 25.7 Å². The van der Waals surface area contributed by atoms with E-state index in [0.717, 1.165) is 22.3 Å². The fraction of sp³-hybridized carbons (Fsp3) is 0.294. The highest BCUT2D eigenvalue weighted by Gasteiger charge is 2.15. The lowest BCUT2D eigenvalue weighted by Crippen LogP contribution is -2.30. The second-order valence-corrected chi connectivity index (χ2v) is 5.48. The molecule has 0 aliphatic rings. The van der Waals surface area contributed by atoms with Crippen LogP contribution in [0.4, 0.5) is 0 Å². The third-order valence-corrected chi connectivity index (χ3v) is 3.97. The molecule has 0 aliphatic heterocycles. The van der Waals surface area contributed by atoms with Gasteiger partial charge < -0.3 is 4.90 Å². The highest BCUT2D eigenvalue weighted by atomic mass is 79.9. The average Bonchev–Trinajstić information content (AvgIpc) is 2.52. The first-order valence-corrected chi connectivity index (χ1v) is 8.13. The van der Waals surface area contributed by atoms with Crippen molar-refractivity contribution in [3.8, 4) is 0 Å². The zero-order valence-corrected chi connectivity index (χ0v) is 13.9. The van der Waals surface area contributed by atoms with Gasteiger partial charge in [-0.1, -0.05) is 34.1 Å². The molecule has 0 unspecified atom stereocenters. The van der Waals surface area contributed by atoms with E-state index in [4.69, 9.17) is 0 Å². The lowest BCUT2D eigenvalue weighted by atomic mass is 10.1. The van der Waals surface area contributed by atoms with Gasteiger partial charge in [0.25, 0.3) is 5.91 Å². The van der Waals surface area contributed by atoms with Gasteiger partial charge in [-0.15, -0.1) is 0 Å². The number of hydrogen-bond donors (Lipinski definition) is 0. The number of aromatic nitrogens is 1. The van der Waals surface area contributed by atoms with Crippen LogP contribution in [0.25, 0.3) is 0 Å². The van der Waals surface area contributed by atoms with Gasteiger partial charge in [-0.2, -0.15) is 0 Å². The summed E-state index contributed by atoms with van der Waals surface area (Å²) in [6, 6.07) is 13.6. The SMILES string of the molecule is CCN(Cc1cccc(C)n1)C(=O)c1ccc(CBr)cc1. The molecule has 1 heterocycles. The van der Waals surface area contributed by atoms with Crippen LogP contribution in [0.15, 0.2) is 42.5 Å². The highest BCUT2D eigenvalue weighted by Crippen LogP contribution is 2.12. The minimum atomic E-state index is 0.0435. The number of nitrogens with zero attached hydrogens (tertiary/aromatic N) is 2. The summed E-state index contributed by atoms with van der Waals surface area (Å²) in [5.41, 5.74) is 3.77. The molecule has 21 heavy (non-hydrogen) atoms. The third kappa shape index (κ3) is 4.14. The van der Waals surface area contributed by atoms with Crippen molar-refractivity contribution in [1.82, 2.24) is 9.88 Å². The molecule has 0 saturated heterocycles. The molecule has 3 nitrogen and oxygen atoms in total. The van der Waals surface area contributed by atoms with Crippen molar-refractivity contribution in [3.63, 3.8) is 0 Å². The van der Waals surface area contributed by atoms with Crippen LogP contribution in [-0.4, -0.2) is 22.3 Å². The normalized spacial score (nSPS) is 10.4.